The van der Waals surface area contributed by atoms with Crippen molar-refractivity contribution in [3.63, 3.8) is 0 Å². The molecule has 4 aromatic rings. The number of aromatic amines is 1. The van der Waals surface area contributed by atoms with Gasteiger partial charge in [0.15, 0.2) is 5.16 Å². The van der Waals surface area contributed by atoms with Crippen molar-refractivity contribution in [1.29, 1.82) is 5.26 Å². The van der Waals surface area contributed by atoms with Crippen molar-refractivity contribution in [3.8, 4) is 17.3 Å². The molecule has 0 unspecified atom stereocenters. The number of halogens is 1. The van der Waals surface area contributed by atoms with Crippen LogP contribution in [-0.4, -0.2) is 32.8 Å². The molecule has 0 aliphatic rings. The number of nitriles is 1. The Hall–Kier alpha value is -3.96. The maximum Gasteiger partial charge on any atom is 0.272 e. The highest BCUT2D eigenvalue weighted by atomic mass is 32.2. The highest BCUT2D eigenvalue weighted by molar-refractivity contribution is 7.98. The lowest BCUT2D eigenvalue weighted by molar-refractivity contribution is 0.0780. The van der Waals surface area contributed by atoms with Crippen LogP contribution in [0.4, 0.5) is 4.39 Å². The van der Waals surface area contributed by atoms with Crippen LogP contribution in [0.15, 0.2) is 78.2 Å². The molecule has 2 aromatic heterocycles. The molecule has 164 valence electrons. The summed E-state index contributed by atoms with van der Waals surface area (Å²) in [5.41, 5.74) is 3.85. The molecule has 1 N–H and O–H groups in total. The number of pyridine rings is 1. The first-order valence-corrected chi connectivity index (χ1v) is 11.1. The van der Waals surface area contributed by atoms with E-state index >= 15 is 0 Å². The van der Waals surface area contributed by atoms with Gasteiger partial charge in [-0.1, -0.05) is 30.0 Å². The number of hydrogen-bond acceptors (Lipinski definition) is 5. The molecule has 6 nitrogen and oxygen atoms in total. The second-order valence-electron chi connectivity index (χ2n) is 7.35. The van der Waals surface area contributed by atoms with Crippen molar-refractivity contribution in [2.45, 2.75) is 17.5 Å². The zero-order chi connectivity index (χ0) is 23.2. The minimum absolute atomic E-state index is 0.233. The number of aromatic nitrogens is 3. The summed E-state index contributed by atoms with van der Waals surface area (Å²) < 4.78 is 13.5. The summed E-state index contributed by atoms with van der Waals surface area (Å²) in [4.78, 5) is 26.7. The van der Waals surface area contributed by atoms with Gasteiger partial charge in [-0.15, -0.1) is 0 Å². The number of nitrogens with one attached hydrogen (secondary N) is 1. The number of rotatable bonds is 7. The van der Waals surface area contributed by atoms with Crippen molar-refractivity contribution < 1.29 is 9.18 Å². The van der Waals surface area contributed by atoms with Crippen LogP contribution >= 0.6 is 11.8 Å². The summed E-state index contributed by atoms with van der Waals surface area (Å²) >= 11 is 1.40. The molecule has 0 atom stereocenters. The van der Waals surface area contributed by atoms with Crippen LogP contribution in [0.2, 0.25) is 0 Å². The molecule has 4 rings (SSSR count). The van der Waals surface area contributed by atoms with E-state index in [2.05, 4.69) is 21.0 Å². The van der Waals surface area contributed by atoms with E-state index in [1.165, 1.54) is 23.9 Å². The normalized spacial score (nSPS) is 10.6. The van der Waals surface area contributed by atoms with Gasteiger partial charge in [0.2, 0.25) is 0 Å². The third-order valence-electron chi connectivity index (χ3n) is 5.03. The highest BCUT2D eigenvalue weighted by Crippen LogP contribution is 2.29. The second kappa shape index (κ2) is 10.1. The van der Waals surface area contributed by atoms with Crippen molar-refractivity contribution in [2.24, 2.45) is 0 Å². The van der Waals surface area contributed by atoms with Gasteiger partial charge in [-0.2, -0.15) is 5.26 Å². The number of amides is 1. The second-order valence-corrected chi connectivity index (χ2v) is 8.31. The van der Waals surface area contributed by atoms with E-state index in [0.717, 1.165) is 11.1 Å². The van der Waals surface area contributed by atoms with Crippen molar-refractivity contribution >= 4 is 17.7 Å². The zero-order valence-corrected chi connectivity index (χ0v) is 18.6. The molecule has 0 saturated carbocycles. The number of hydrogen-bond donors (Lipinski definition) is 1. The molecular formula is C25H20FN5OS. The van der Waals surface area contributed by atoms with Crippen LogP contribution in [0.5, 0.6) is 0 Å². The quantitative estimate of drug-likeness (QED) is 0.393. The fourth-order valence-electron chi connectivity index (χ4n) is 3.32. The molecular weight excluding hydrogens is 437 g/mol. The molecule has 0 bridgehead atoms. The van der Waals surface area contributed by atoms with E-state index in [9.17, 15) is 14.4 Å². The molecule has 0 spiro atoms. The number of imidazole rings is 1. The number of thioether (sulfide) groups is 1. The van der Waals surface area contributed by atoms with E-state index in [1.807, 2.05) is 30.3 Å². The lowest BCUT2D eigenvalue weighted by Gasteiger charge is -2.17. The average molecular weight is 458 g/mol. The summed E-state index contributed by atoms with van der Waals surface area (Å²) in [5.74, 6) is -0.0804. The zero-order valence-electron chi connectivity index (χ0n) is 17.8. The van der Waals surface area contributed by atoms with Crippen LogP contribution in [0.25, 0.3) is 11.3 Å². The lowest BCUT2D eigenvalue weighted by Crippen LogP contribution is -2.27. The number of H-pyrrole nitrogens is 1. The van der Waals surface area contributed by atoms with Crippen LogP contribution in [0, 0.1) is 17.1 Å². The van der Waals surface area contributed by atoms with Crippen molar-refractivity contribution in [1.82, 2.24) is 19.9 Å². The SMILES string of the molecule is CN(Cc1ccncc1)C(=O)c1[nH]c(SCc2ccccc2C#N)nc1-c1ccc(F)cc1. The summed E-state index contributed by atoms with van der Waals surface area (Å²) in [6.07, 6.45) is 3.36. The predicted octanol–water partition coefficient (Wildman–Crippen LogP) is 5.05. The third kappa shape index (κ3) is 5.27. The van der Waals surface area contributed by atoms with Gasteiger partial charge >= 0.3 is 0 Å². The molecule has 33 heavy (non-hydrogen) atoms. The van der Waals surface area contributed by atoms with Crippen LogP contribution in [-0.2, 0) is 12.3 Å². The maximum absolute atomic E-state index is 13.5. The largest absolute Gasteiger partial charge is 0.336 e. The number of nitrogens with zero attached hydrogens (tertiary/aromatic N) is 4. The average Bonchev–Trinajstić information content (AvgIpc) is 3.27. The van der Waals surface area contributed by atoms with Gasteiger partial charge in [0, 0.05) is 37.3 Å². The monoisotopic (exact) mass is 457 g/mol. The maximum atomic E-state index is 13.5. The Morgan fingerprint density at radius 1 is 1.12 bits per heavy atom. The van der Waals surface area contributed by atoms with E-state index in [-0.39, 0.29) is 11.7 Å². The Bertz CT molecular complexity index is 1300. The van der Waals surface area contributed by atoms with Crippen molar-refractivity contribution in [2.75, 3.05) is 7.05 Å². The van der Waals surface area contributed by atoms with Crippen LogP contribution in [0.3, 0.4) is 0 Å². The van der Waals surface area contributed by atoms with Gasteiger partial charge in [0.1, 0.15) is 17.2 Å². The fraction of sp³-hybridized carbons (Fsp3) is 0.120. The Balaban J connectivity index is 1.63. The first-order chi connectivity index (χ1) is 16.0. The Morgan fingerprint density at radius 3 is 2.58 bits per heavy atom. The molecule has 2 heterocycles. The minimum Gasteiger partial charge on any atom is -0.336 e. The van der Waals surface area contributed by atoms with E-state index in [4.69, 9.17) is 0 Å². The fourth-order valence-corrected chi connectivity index (χ4v) is 4.19. The summed E-state index contributed by atoms with van der Waals surface area (Å²) in [6.45, 7) is 0.404. The number of carbonyl (C=O) groups is 1. The van der Waals surface area contributed by atoms with E-state index in [0.29, 0.717) is 40.0 Å². The topological polar surface area (TPSA) is 85.7 Å². The van der Waals surface area contributed by atoms with Crippen LogP contribution < -0.4 is 0 Å². The highest BCUT2D eigenvalue weighted by Gasteiger charge is 2.22. The molecule has 0 aliphatic heterocycles. The smallest absolute Gasteiger partial charge is 0.272 e. The summed E-state index contributed by atoms with van der Waals surface area (Å²) in [6, 6.07) is 19.1. The van der Waals surface area contributed by atoms with Gasteiger partial charge in [0.25, 0.3) is 5.91 Å². The summed E-state index contributed by atoms with van der Waals surface area (Å²) in [5, 5.41) is 9.87. The first kappa shape index (κ1) is 22.2. The molecule has 0 aliphatic carbocycles. The lowest BCUT2D eigenvalue weighted by atomic mass is 10.1. The molecule has 2 aromatic carbocycles. The minimum atomic E-state index is -0.361. The predicted molar refractivity (Wildman–Crippen MR) is 125 cm³/mol. The first-order valence-electron chi connectivity index (χ1n) is 10.2. The van der Waals surface area contributed by atoms with E-state index < -0.39 is 0 Å². The molecule has 1 amide bonds. The Kier molecular flexibility index (Phi) is 6.81. The molecule has 0 radical (unpaired) electrons. The molecule has 0 fully saturated rings. The Morgan fingerprint density at radius 2 is 1.85 bits per heavy atom. The molecule has 8 heteroatoms. The van der Waals surface area contributed by atoms with Gasteiger partial charge in [-0.3, -0.25) is 9.78 Å². The van der Waals surface area contributed by atoms with Crippen LogP contribution in [0.1, 0.15) is 27.2 Å². The standard InChI is InChI=1S/C25H20FN5OS/c1-31(15-17-10-12-28-13-11-17)24(32)23-22(18-6-8-21(26)9-7-18)29-25(30-23)33-16-20-5-3-2-4-19(20)14-27/h2-13H,15-16H2,1H3,(H,29,30). The number of benzene rings is 2. The van der Waals surface area contributed by atoms with Gasteiger partial charge < -0.3 is 9.88 Å². The van der Waals surface area contributed by atoms with Gasteiger partial charge in [0.05, 0.1) is 11.6 Å². The van der Waals surface area contributed by atoms with Gasteiger partial charge in [-0.25, -0.2) is 9.37 Å². The van der Waals surface area contributed by atoms with Gasteiger partial charge in [-0.05, 0) is 53.6 Å². The summed E-state index contributed by atoms with van der Waals surface area (Å²) in [7, 11) is 1.72. The van der Waals surface area contributed by atoms with E-state index in [1.54, 1.807) is 42.5 Å². The molecule has 0 saturated heterocycles. The van der Waals surface area contributed by atoms with Crippen molar-refractivity contribution in [3.05, 3.63) is 101 Å². The number of carbonyl (C=O) groups excluding carboxylic acids is 1. The Labute approximate surface area is 195 Å². The third-order valence-corrected chi connectivity index (χ3v) is 5.95.